The predicted octanol–water partition coefficient (Wildman–Crippen LogP) is 1.23. The number of nitrogens with one attached hydrogen (secondary N) is 2. The molecule has 8 heteroatoms. The molecule has 1 aromatic heterocycles. The van der Waals surface area contributed by atoms with Crippen molar-refractivity contribution in [3.8, 4) is 5.75 Å². The van der Waals surface area contributed by atoms with Gasteiger partial charge in [0.1, 0.15) is 17.3 Å². The number of imidazole rings is 1. The molecule has 0 bridgehead atoms. The molecule has 8 nitrogen and oxygen atoms in total. The molecule has 2 aromatic rings. The minimum Gasteiger partial charge on any atom is -0.488 e. The lowest BCUT2D eigenvalue weighted by Gasteiger charge is -2.49. The van der Waals surface area contributed by atoms with E-state index in [1.54, 1.807) is 11.6 Å². The van der Waals surface area contributed by atoms with Crippen molar-refractivity contribution in [3.05, 3.63) is 28.7 Å². The number of rotatable bonds is 3. The van der Waals surface area contributed by atoms with Crippen LogP contribution in [0.15, 0.2) is 23.0 Å². The van der Waals surface area contributed by atoms with Gasteiger partial charge in [0.15, 0.2) is 0 Å². The summed E-state index contributed by atoms with van der Waals surface area (Å²) in [5.74, 6) is -0.0312. The number of benzene rings is 1. The van der Waals surface area contributed by atoms with E-state index in [2.05, 4.69) is 10.6 Å². The van der Waals surface area contributed by atoms with Gasteiger partial charge in [-0.15, -0.1) is 0 Å². The van der Waals surface area contributed by atoms with Gasteiger partial charge in [0.05, 0.1) is 11.6 Å². The molecular formula is C21H26N4O4. The Morgan fingerprint density at radius 3 is 2.62 bits per heavy atom. The van der Waals surface area contributed by atoms with Crippen molar-refractivity contribution in [3.63, 3.8) is 0 Å². The van der Waals surface area contributed by atoms with E-state index in [-0.39, 0.29) is 24.1 Å². The van der Waals surface area contributed by atoms with Gasteiger partial charge >= 0.3 is 5.69 Å². The average molecular weight is 398 g/mol. The minimum atomic E-state index is -0.680. The number of aryl methyl sites for hydroxylation is 1. The first-order valence-corrected chi connectivity index (χ1v) is 10.4. The van der Waals surface area contributed by atoms with E-state index in [9.17, 15) is 14.4 Å². The molecule has 2 saturated heterocycles. The van der Waals surface area contributed by atoms with E-state index in [0.29, 0.717) is 28.6 Å². The SMILES string of the molecule is Cn1c(=O)n(C2CCC(=O)NC2=O)c2cccc(OC3CC4(CCNCC4)C3)c21. The minimum absolute atomic E-state index is 0.160. The van der Waals surface area contributed by atoms with Crippen LogP contribution in [0.2, 0.25) is 0 Å². The second kappa shape index (κ2) is 6.73. The highest BCUT2D eigenvalue weighted by molar-refractivity contribution is 6.00. The monoisotopic (exact) mass is 398 g/mol. The molecule has 2 amide bonds. The van der Waals surface area contributed by atoms with Gasteiger partial charge in [-0.2, -0.15) is 0 Å². The molecule has 3 heterocycles. The summed E-state index contributed by atoms with van der Waals surface area (Å²) in [5.41, 5.74) is 1.51. The van der Waals surface area contributed by atoms with Crippen LogP contribution >= 0.6 is 0 Å². The molecule has 2 N–H and O–H groups in total. The zero-order chi connectivity index (χ0) is 20.2. The average Bonchev–Trinajstić information content (AvgIpc) is 2.93. The van der Waals surface area contributed by atoms with Crippen molar-refractivity contribution in [1.82, 2.24) is 19.8 Å². The molecule has 29 heavy (non-hydrogen) atoms. The third-order valence-corrected chi connectivity index (χ3v) is 6.87. The molecule has 1 atom stereocenters. The smallest absolute Gasteiger partial charge is 0.329 e. The fourth-order valence-corrected chi connectivity index (χ4v) is 5.26. The lowest BCUT2D eigenvalue weighted by molar-refractivity contribution is -0.135. The van der Waals surface area contributed by atoms with Crippen LogP contribution in [-0.2, 0) is 16.6 Å². The number of imide groups is 1. The summed E-state index contributed by atoms with van der Waals surface area (Å²) in [4.78, 5) is 36.8. The van der Waals surface area contributed by atoms with Crippen molar-refractivity contribution >= 4 is 22.8 Å². The van der Waals surface area contributed by atoms with Gasteiger partial charge in [-0.3, -0.25) is 24.0 Å². The molecule has 3 aliphatic rings. The van der Waals surface area contributed by atoms with Crippen LogP contribution in [0.5, 0.6) is 5.75 Å². The Morgan fingerprint density at radius 2 is 1.90 bits per heavy atom. The first kappa shape index (κ1) is 18.4. The summed E-state index contributed by atoms with van der Waals surface area (Å²) in [7, 11) is 1.70. The van der Waals surface area contributed by atoms with Gasteiger partial charge in [0.2, 0.25) is 11.8 Å². The standard InChI is InChI=1S/C21H26N4O4/c1-24-18-14(25(20(24)28)15-5-6-17(26)23-19(15)27)3-2-4-16(18)29-13-11-21(12-13)7-9-22-10-8-21/h2-4,13,15,22H,5-12H2,1H3,(H,23,26,27). The van der Waals surface area contributed by atoms with Gasteiger partial charge in [-0.05, 0) is 62.7 Å². The molecule has 1 aromatic carbocycles. The molecule has 1 saturated carbocycles. The van der Waals surface area contributed by atoms with E-state index in [0.717, 1.165) is 25.9 Å². The van der Waals surface area contributed by atoms with E-state index in [1.165, 1.54) is 17.4 Å². The Labute approximate surface area is 168 Å². The Morgan fingerprint density at radius 1 is 1.14 bits per heavy atom. The number of nitrogens with zero attached hydrogens (tertiary/aromatic N) is 2. The van der Waals surface area contributed by atoms with Crippen LogP contribution in [0, 0.1) is 5.41 Å². The van der Waals surface area contributed by atoms with Crippen LogP contribution in [-0.4, -0.2) is 40.1 Å². The summed E-state index contributed by atoms with van der Waals surface area (Å²) in [6, 6.07) is 4.91. The lowest BCUT2D eigenvalue weighted by Crippen LogP contribution is -2.49. The summed E-state index contributed by atoms with van der Waals surface area (Å²) in [6.45, 7) is 2.15. The number of para-hydroxylation sites is 1. The maximum absolute atomic E-state index is 13.0. The molecule has 1 unspecified atom stereocenters. The van der Waals surface area contributed by atoms with Crippen LogP contribution < -0.4 is 21.1 Å². The first-order chi connectivity index (χ1) is 14.0. The number of amides is 2. The number of fused-ring (bicyclic) bond motifs is 1. The molecule has 2 aliphatic heterocycles. The highest BCUT2D eigenvalue weighted by atomic mass is 16.5. The summed E-state index contributed by atoms with van der Waals surface area (Å²) < 4.78 is 9.37. The van der Waals surface area contributed by atoms with Crippen molar-refractivity contribution < 1.29 is 14.3 Å². The van der Waals surface area contributed by atoms with Gasteiger partial charge in [-0.1, -0.05) is 6.07 Å². The summed E-state index contributed by atoms with van der Waals surface area (Å²) in [6.07, 6.45) is 5.21. The number of carbonyl (C=O) groups is 2. The third-order valence-electron chi connectivity index (χ3n) is 6.87. The van der Waals surface area contributed by atoms with Gasteiger partial charge in [0, 0.05) is 13.5 Å². The number of hydrogen-bond acceptors (Lipinski definition) is 5. The van der Waals surface area contributed by atoms with E-state index < -0.39 is 11.9 Å². The number of aromatic nitrogens is 2. The topological polar surface area (TPSA) is 94.4 Å². The highest BCUT2D eigenvalue weighted by Crippen LogP contribution is 2.49. The third kappa shape index (κ3) is 2.97. The van der Waals surface area contributed by atoms with Gasteiger partial charge in [-0.25, -0.2) is 4.79 Å². The van der Waals surface area contributed by atoms with Crippen LogP contribution in [0.1, 0.15) is 44.6 Å². The van der Waals surface area contributed by atoms with Crippen LogP contribution in [0.3, 0.4) is 0 Å². The maximum Gasteiger partial charge on any atom is 0.329 e. The van der Waals surface area contributed by atoms with E-state index in [1.807, 2.05) is 18.2 Å². The number of ether oxygens (including phenoxy) is 1. The largest absolute Gasteiger partial charge is 0.488 e. The van der Waals surface area contributed by atoms with Crippen molar-refractivity contribution in [1.29, 1.82) is 0 Å². The summed E-state index contributed by atoms with van der Waals surface area (Å²) in [5, 5.41) is 5.76. The van der Waals surface area contributed by atoms with Crippen molar-refractivity contribution in [2.24, 2.45) is 12.5 Å². The zero-order valence-corrected chi connectivity index (χ0v) is 16.6. The fraction of sp³-hybridized carbons (Fsp3) is 0.571. The van der Waals surface area contributed by atoms with E-state index >= 15 is 0 Å². The lowest BCUT2D eigenvalue weighted by atomic mass is 9.62. The number of piperidine rings is 2. The molecule has 5 rings (SSSR count). The highest BCUT2D eigenvalue weighted by Gasteiger charge is 2.46. The Balaban J connectivity index is 1.45. The Bertz CT molecular complexity index is 1040. The zero-order valence-electron chi connectivity index (χ0n) is 16.6. The fourth-order valence-electron chi connectivity index (χ4n) is 5.26. The summed E-state index contributed by atoms with van der Waals surface area (Å²) >= 11 is 0. The normalized spacial score (nSPS) is 24.5. The van der Waals surface area contributed by atoms with Crippen LogP contribution in [0.4, 0.5) is 0 Å². The predicted molar refractivity (Wildman–Crippen MR) is 107 cm³/mol. The van der Waals surface area contributed by atoms with E-state index in [4.69, 9.17) is 4.74 Å². The van der Waals surface area contributed by atoms with Crippen molar-refractivity contribution in [2.75, 3.05) is 13.1 Å². The number of carbonyl (C=O) groups excluding carboxylic acids is 2. The Kier molecular flexibility index (Phi) is 4.27. The molecule has 1 spiro atoms. The molecule has 0 radical (unpaired) electrons. The van der Waals surface area contributed by atoms with Gasteiger partial charge < -0.3 is 10.1 Å². The van der Waals surface area contributed by atoms with Crippen LogP contribution in [0.25, 0.3) is 11.0 Å². The second-order valence-electron chi connectivity index (χ2n) is 8.70. The molecule has 1 aliphatic carbocycles. The van der Waals surface area contributed by atoms with Gasteiger partial charge in [0.25, 0.3) is 0 Å². The maximum atomic E-state index is 13.0. The Hall–Kier alpha value is -2.61. The molecule has 3 fully saturated rings. The second-order valence-corrected chi connectivity index (χ2v) is 8.70. The number of hydrogen-bond donors (Lipinski definition) is 2. The molecular weight excluding hydrogens is 372 g/mol. The molecule has 154 valence electrons. The first-order valence-electron chi connectivity index (χ1n) is 10.4. The van der Waals surface area contributed by atoms with Crippen molar-refractivity contribution in [2.45, 2.75) is 50.7 Å². The quantitative estimate of drug-likeness (QED) is 0.759.